The lowest BCUT2D eigenvalue weighted by Crippen LogP contribution is -2.45. The molecule has 1 heterocycles. The highest BCUT2D eigenvalue weighted by Crippen LogP contribution is 2.26. The van der Waals surface area contributed by atoms with Crippen LogP contribution in [-0.4, -0.2) is 37.9 Å². The molecule has 2 fully saturated rings. The van der Waals surface area contributed by atoms with Crippen LogP contribution in [0, 0.1) is 0 Å². The number of ether oxygens (including phenoxy) is 2. The molecule has 5 heteroatoms. The van der Waals surface area contributed by atoms with E-state index in [9.17, 15) is 0 Å². The molecule has 0 spiro atoms. The first-order chi connectivity index (χ1) is 12.2. The molecule has 0 radical (unpaired) electrons. The maximum atomic E-state index is 6.21. The number of aliphatic imine (C=N–C) groups is 1. The second-order valence-electron chi connectivity index (χ2n) is 7.31. The Bertz CT molecular complexity index is 576. The molecule has 1 aromatic carbocycles. The first-order valence-corrected chi connectivity index (χ1v) is 9.52. The Morgan fingerprint density at radius 1 is 1.24 bits per heavy atom. The van der Waals surface area contributed by atoms with Crippen molar-refractivity contribution in [3.8, 4) is 5.75 Å². The first kappa shape index (κ1) is 18.1. The molecule has 0 bridgehead atoms. The SMILES string of the molecule is CN=C(NCc1ccccc1OC1CCCC1)NCC1(C)CCCO1. The van der Waals surface area contributed by atoms with E-state index >= 15 is 0 Å². The van der Waals surface area contributed by atoms with E-state index in [1.54, 1.807) is 7.05 Å². The van der Waals surface area contributed by atoms with Gasteiger partial charge >= 0.3 is 0 Å². The van der Waals surface area contributed by atoms with Crippen molar-refractivity contribution in [3.05, 3.63) is 29.8 Å². The Labute approximate surface area is 151 Å². The zero-order valence-electron chi connectivity index (χ0n) is 15.5. The Morgan fingerprint density at radius 2 is 2.04 bits per heavy atom. The summed E-state index contributed by atoms with van der Waals surface area (Å²) in [6, 6.07) is 8.28. The Morgan fingerprint density at radius 3 is 2.76 bits per heavy atom. The van der Waals surface area contributed by atoms with Crippen molar-refractivity contribution in [1.29, 1.82) is 0 Å². The summed E-state index contributed by atoms with van der Waals surface area (Å²) in [6.45, 7) is 4.48. The number of nitrogens with zero attached hydrogens (tertiary/aromatic N) is 1. The Hall–Kier alpha value is -1.75. The summed E-state index contributed by atoms with van der Waals surface area (Å²) < 4.78 is 12.0. The normalized spacial score (nSPS) is 24.5. The van der Waals surface area contributed by atoms with Gasteiger partial charge in [-0.2, -0.15) is 0 Å². The molecule has 2 aliphatic rings. The van der Waals surface area contributed by atoms with Gasteiger partial charge in [0.2, 0.25) is 0 Å². The quantitative estimate of drug-likeness (QED) is 0.614. The average molecular weight is 345 g/mol. The van der Waals surface area contributed by atoms with Gasteiger partial charge in [-0.15, -0.1) is 0 Å². The summed E-state index contributed by atoms with van der Waals surface area (Å²) in [5, 5.41) is 6.78. The number of hydrogen-bond donors (Lipinski definition) is 2. The summed E-state index contributed by atoms with van der Waals surface area (Å²) >= 11 is 0. The van der Waals surface area contributed by atoms with Gasteiger partial charge in [0.25, 0.3) is 0 Å². The maximum absolute atomic E-state index is 6.21. The molecule has 2 N–H and O–H groups in total. The topological polar surface area (TPSA) is 54.9 Å². The van der Waals surface area contributed by atoms with Crippen molar-refractivity contribution < 1.29 is 9.47 Å². The van der Waals surface area contributed by atoms with E-state index in [-0.39, 0.29) is 5.60 Å². The van der Waals surface area contributed by atoms with E-state index in [2.05, 4.69) is 40.7 Å². The van der Waals surface area contributed by atoms with Gasteiger partial charge in [0.05, 0.1) is 11.7 Å². The van der Waals surface area contributed by atoms with Crippen molar-refractivity contribution in [1.82, 2.24) is 10.6 Å². The molecule has 5 nitrogen and oxygen atoms in total. The number of nitrogens with one attached hydrogen (secondary N) is 2. The highest BCUT2D eigenvalue weighted by Gasteiger charge is 2.29. The molecule has 1 saturated heterocycles. The molecule has 3 rings (SSSR count). The van der Waals surface area contributed by atoms with E-state index in [0.717, 1.165) is 37.7 Å². The van der Waals surface area contributed by atoms with Crippen molar-refractivity contribution in [2.45, 2.75) is 63.7 Å². The minimum atomic E-state index is -0.0822. The van der Waals surface area contributed by atoms with Crippen LogP contribution in [0.2, 0.25) is 0 Å². The third-order valence-corrected chi connectivity index (χ3v) is 5.17. The second kappa shape index (κ2) is 8.56. The fourth-order valence-electron chi connectivity index (χ4n) is 3.60. The molecule has 1 aliphatic carbocycles. The molecule has 1 unspecified atom stereocenters. The van der Waals surface area contributed by atoms with Crippen LogP contribution in [0.5, 0.6) is 5.75 Å². The molecule has 1 aliphatic heterocycles. The van der Waals surface area contributed by atoms with Crippen molar-refractivity contribution >= 4 is 5.96 Å². The molecular formula is C20H31N3O2. The second-order valence-corrected chi connectivity index (χ2v) is 7.31. The molecule has 1 atom stereocenters. The monoisotopic (exact) mass is 345 g/mol. The standard InChI is InChI=1S/C20H31N3O2/c1-20(12-7-13-24-20)15-23-19(21-2)22-14-16-8-3-6-11-18(16)25-17-9-4-5-10-17/h3,6,8,11,17H,4-5,7,9-10,12-15H2,1-2H3,(H2,21,22,23). The van der Waals surface area contributed by atoms with E-state index in [1.165, 1.54) is 31.2 Å². The fraction of sp³-hybridized carbons (Fsp3) is 0.650. The summed E-state index contributed by atoms with van der Waals surface area (Å²) in [6.07, 6.45) is 7.50. The van der Waals surface area contributed by atoms with Gasteiger partial charge in [-0.1, -0.05) is 18.2 Å². The van der Waals surface area contributed by atoms with Crippen LogP contribution in [0.4, 0.5) is 0 Å². The molecule has 25 heavy (non-hydrogen) atoms. The van der Waals surface area contributed by atoms with Gasteiger partial charge in [0.15, 0.2) is 5.96 Å². The highest BCUT2D eigenvalue weighted by molar-refractivity contribution is 5.79. The molecule has 1 aromatic rings. The Balaban J connectivity index is 1.52. The fourth-order valence-corrected chi connectivity index (χ4v) is 3.60. The minimum Gasteiger partial charge on any atom is -0.490 e. The smallest absolute Gasteiger partial charge is 0.191 e. The number of benzene rings is 1. The lowest BCUT2D eigenvalue weighted by Gasteiger charge is -2.25. The van der Waals surface area contributed by atoms with Crippen LogP contribution in [0.3, 0.4) is 0 Å². The lowest BCUT2D eigenvalue weighted by atomic mass is 10.0. The van der Waals surface area contributed by atoms with Gasteiger partial charge in [0.1, 0.15) is 5.75 Å². The van der Waals surface area contributed by atoms with Gasteiger partial charge in [-0.05, 0) is 51.5 Å². The minimum absolute atomic E-state index is 0.0822. The zero-order valence-corrected chi connectivity index (χ0v) is 15.5. The van der Waals surface area contributed by atoms with E-state index in [4.69, 9.17) is 9.47 Å². The number of rotatable bonds is 6. The van der Waals surface area contributed by atoms with Crippen molar-refractivity contribution in [3.63, 3.8) is 0 Å². The predicted molar refractivity (Wildman–Crippen MR) is 101 cm³/mol. The van der Waals surface area contributed by atoms with Crippen LogP contribution in [0.15, 0.2) is 29.3 Å². The molecule has 1 saturated carbocycles. The van der Waals surface area contributed by atoms with Crippen molar-refractivity contribution in [2.75, 3.05) is 20.2 Å². The summed E-state index contributed by atoms with van der Waals surface area (Å²) in [7, 11) is 1.80. The molecule has 138 valence electrons. The number of para-hydroxylation sites is 1. The highest BCUT2D eigenvalue weighted by atomic mass is 16.5. The summed E-state index contributed by atoms with van der Waals surface area (Å²) in [5.41, 5.74) is 1.09. The number of guanidine groups is 1. The third-order valence-electron chi connectivity index (χ3n) is 5.17. The van der Waals surface area contributed by atoms with Gasteiger partial charge in [-0.3, -0.25) is 4.99 Å². The Kier molecular flexibility index (Phi) is 6.19. The third kappa shape index (κ3) is 5.11. The summed E-state index contributed by atoms with van der Waals surface area (Å²) in [5.74, 6) is 1.79. The van der Waals surface area contributed by atoms with E-state index < -0.39 is 0 Å². The van der Waals surface area contributed by atoms with Gasteiger partial charge in [-0.25, -0.2) is 0 Å². The molecule has 0 amide bonds. The molecule has 0 aromatic heterocycles. The lowest BCUT2D eigenvalue weighted by molar-refractivity contribution is 0.0243. The number of hydrogen-bond acceptors (Lipinski definition) is 3. The van der Waals surface area contributed by atoms with Crippen LogP contribution in [0.1, 0.15) is 51.0 Å². The van der Waals surface area contributed by atoms with Gasteiger partial charge < -0.3 is 20.1 Å². The van der Waals surface area contributed by atoms with E-state index in [1.807, 2.05) is 6.07 Å². The van der Waals surface area contributed by atoms with Crippen LogP contribution in [-0.2, 0) is 11.3 Å². The predicted octanol–water partition coefficient (Wildman–Crippen LogP) is 3.24. The van der Waals surface area contributed by atoms with Crippen molar-refractivity contribution in [2.24, 2.45) is 4.99 Å². The largest absolute Gasteiger partial charge is 0.490 e. The average Bonchev–Trinajstić information content (AvgIpc) is 3.28. The first-order valence-electron chi connectivity index (χ1n) is 9.52. The maximum Gasteiger partial charge on any atom is 0.191 e. The van der Waals surface area contributed by atoms with Crippen LogP contribution < -0.4 is 15.4 Å². The zero-order chi connectivity index (χ0) is 17.5. The summed E-state index contributed by atoms with van der Waals surface area (Å²) in [4.78, 5) is 4.33. The van der Waals surface area contributed by atoms with Crippen LogP contribution >= 0.6 is 0 Å². The van der Waals surface area contributed by atoms with Gasteiger partial charge in [0, 0.05) is 32.3 Å². The van der Waals surface area contributed by atoms with Crippen LogP contribution in [0.25, 0.3) is 0 Å². The molecular weight excluding hydrogens is 314 g/mol. The van der Waals surface area contributed by atoms with E-state index in [0.29, 0.717) is 12.6 Å².